The summed E-state index contributed by atoms with van der Waals surface area (Å²) < 4.78 is 0.873. The number of aryl methyl sites for hydroxylation is 1. The maximum atomic E-state index is 4.26. The minimum Gasteiger partial charge on any atom is -0.332 e. The summed E-state index contributed by atoms with van der Waals surface area (Å²) in [6.45, 7) is 2.07. The van der Waals surface area contributed by atoms with E-state index in [2.05, 4.69) is 45.3 Å². The van der Waals surface area contributed by atoms with Gasteiger partial charge in [-0.05, 0) is 40.5 Å². The number of halogens is 1. The third kappa shape index (κ3) is 2.33. The Labute approximate surface area is 95.1 Å². The molecule has 2 aromatic rings. The van der Waals surface area contributed by atoms with E-state index < -0.39 is 0 Å². The number of aromatic nitrogens is 1. The molecule has 1 aromatic heterocycles. The molecule has 0 fully saturated rings. The van der Waals surface area contributed by atoms with Crippen LogP contribution in [0.4, 0.5) is 10.8 Å². The van der Waals surface area contributed by atoms with Crippen molar-refractivity contribution in [1.82, 2.24) is 4.98 Å². The van der Waals surface area contributed by atoms with E-state index in [1.54, 1.807) is 11.3 Å². The van der Waals surface area contributed by atoms with Crippen molar-refractivity contribution >= 4 is 38.1 Å². The second-order valence-corrected chi connectivity index (χ2v) is 4.64. The summed E-state index contributed by atoms with van der Waals surface area (Å²) in [7, 11) is 0. The maximum Gasteiger partial charge on any atom is 0.188 e. The van der Waals surface area contributed by atoms with E-state index in [-0.39, 0.29) is 0 Å². The number of thiazole rings is 1. The summed E-state index contributed by atoms with van der Waals surface area (Å²) >= 11 is 4.90. The molecule has 2 rings (SSSR count). The lowest BCUT2D eigenvalue weighted by molar-refractivity contribution is 1.34. The summed E-state index contributed by atoms with van der Waals surface area (Å²) in [5, 5.41) is 6.10. The fourth-order valence-corrected chi connectivity index (χ4v) is 2.32. The normalized spacial score (nSPS) is 10.1. The van der Waals surface area contributed by atoms with Crippen LogP contribution in [0, 0.1) is 6.92 Å². The molecule has 0 spiro atoms. The largest absolute Gasteiger partial charge is 0.332 e. The first kappa shape index (κ1) is 9.68. The van der Waals surface area contributed by atoms with Gasteiger partial charge in [0.25, 0.3) is 0 Å². The zero-order valence-corrected chi connectivity index (χ0v) is 10.0. The highest BCUT2D eigenvalue weighted by Gasteiger charge is 1.99. The Morgan fingerprint density at radius 3 is 2.93 bits per heavy atom. The summed E-state index contributed by atoms with van der Waals surface area (Å²) in [4.78, 5) is 4.26. The van der Waals surface area contributed by atoms with Crippen molar-refractivity contribution in [2.45, 2.75) is 6.92 Å². The van der Waals surface area contributed by atoms with E-state index in [4.69, 9.17) is 0 Å². The average molecular weight is 269 g/mol. The Morgan fingerprint density at radius 1 is 1.43 bits per heavy atom. The highest BCUT2D eigenvalue weighted by atomic mass is 79.9. The van der Waals surface area contributed by atoms with Gasteiger partial charge in [-0.1, -0.05) is 12.1 Å². The second-order valence-electron chi connectivity index (χ2n) is 2.97. The summed E-state index contributed by atoms with van der Waals surface area (Å²) in [5.74, 6) is 0. The molecular weight excluding hydrogens is 260 g/mol. The van der Waals surface area contributed by atoms with Gasteiger partial charge in [-0.2, -0.15) is 0 Å². The third-order valence-electron chi connectivity index (χ3n) is 1.75. The molecule has 0 aliphatic heterocycles. The van der Waals surface area contributed by atoms with Gasteiger partial charge in [0.15, 0.2) is 5.13 Å². The molecule has 0 aliphatic rings. The Morgan fingerprint density at radius 2 is 2.29 bits per heavy atom. The van der Waals surface area contributed by atoms with Gasteiger partial charge in [0.2, 0.25) is 0 Å². The predicted molar refractivity (Wildman–Crippen MR) is 64.3 cm³/mol. The van der Waals surface area contributed by atoms with E-state index in [1.807, 2.05) is 17.5 Å². The van der Waals surface area contributed by atoms with Crippen LogP contribution in [-0.4, -0.2) is 4.98 Å². The number of benzene rings is 1. The monoisotopic (exact) mass is 268 g/mol. The van der Waals surface area contributed by atoms with Gasteiger partial charge in [-0.25, -0.2) is 4.98 Å². The van der Waals surface area contributed by atoms with Crippen LogP contribution in [0.25, 0.3) is 0 Å². The molecule has 1 aromatic carbocycles. The van der Waals surface area contributed by atoms with Gasteiger partial charge in [-0.15, -0.1) is 11.3 Å². The first-order valence-corrected chi connectivity index (χ1v) is 5.86. The molecule has 4 heteroatoms. The van der Waals surface area contributed by atoms with Crippen LogP contribution in [0.15, 0.2) is 34.2 Å². The van der Waals surface area contributed by atoms with Crippen molar-refractivity contribution in [2.75, 3.05) is 5.32 Å². The molecule has 0 atom stereocenters. The van der Waals surface area contributed by atoms with Crippen LogP contribution >= 0.6 is 27.3 Å². The van der Waals surface area contributed by atoms with E-state index >= 15 is 0 Å². The van der Waals surface area contributed by atoms with Crippen LogP contribution < -0.4 is 5.32 Å². The molecule has 1 N–H and O–H groups in total. The number of hydrogen-bond acceptors (Lipinski definition) is 3. The first-order chi connectivity index (χ1) is 6.74. The molecule has 0 unspecified atom stereocenters. The summed E-state index contributed by atoms with van der Waals surface area (Å²) in [6, 6.07) is 8.22. The van der Waals surface area contributed by atoms with Crippen LogP contribution in [0.5, 0.6) is 0 Å². The van der Waals surface area contributed by atoms with Crippen molar-refractivity contribution in [2.24, 2.45) is 0 Å². The topological polar surface area (TPSA) is 24.9 Å². The molecule has 0 bridgehead atoms. The molecule has 0 amide bonds. The minimum atomic E-state index is 0.873. The molecule has 0 saturated heterocycles. The molecule has 0 saturated carbocycles. The van der Waals surface area contributed by atoms with Gasteiger partial charge in [0.1, 0.15) is 4.60 Å². The Hall–Kier alpha value is -0.870. The fourth-order valence-electron chi connectivity index (χ4n) is 1.16. The number of anilines is 2. The lowest BCUT2D eigenvalue weighted by Crippen LogP contribution is -1.89. The van der Waals surface area contributed by atoms with Crippen molar-refractivity contribution in [3.8, 4) is 0 Å². The van der Waals surface area contributed by atoms with E-state index in [9.17, 15) is 0 Å². The SMILES string of the molecule is Cc1cccc(Nc2nc(Br)cs2)c1. The average Bonchev–Trinajstić information content (AvgIpc) is 2.51. The number of nitrogens with one attached hydrogen (secondary N) is 1. The molecule has 1 heterocycles. The van der Waals surface area contributed by atoms with Gasteiger partial charge in [-0.3, -0.25) is 0 Å². The minimum absolute atomic E-state index is 0.873. The van der Waals surface area contributed by atoms with Crippen LogP contribution in [-0.2, 0) is 0 Å². The molecule has 0 aliphatic carbocycles. The maximum absolute atomic E-state index is 4.26. The smallest absolute Gasteiger partial charge is 0.188 e. The molecule has 0 radical (unpaired) electrons. The van der Waals surface area contributed by atoms with Crippen molar-refractivity contribution in [3.63, 3.8) is 0 Å². The highest BCUT2D eigenvalue weighted by Crippen LogP contribution is 2.23. The van der Waals surface area contributed by atoms with E-state index in [0.29, 0.717) is 0 Å². The number of rotatable bonds is 2. The predicted octanol–water partition coefficient (Wildman–Crippen LogP) is 3.96. The third-order valence-corrected chi connectivity index (χ3v) is 3.21. The van der Waals surface area contributed by atoms with Crippen LogP contribution in [0.2, 0.25) is 0 Å². The number of nitrogens with zero attached hydrogens (tertiary/aromatic N) is 1. The molecular formula is C10H9BrN2S. The van der Waals surface area contributed by atoms with E-state index in [1.165, 1.54) is 5.56 Å². The zero-order valence-electron chi connectivity index (χ0n) is 7.62. The Bertz CT molecular complexity index is 439. The lowest BCUT2D eigenvalue weighted by Gasteiger charge is -2.02. The molecule has 2 nitrogen and oxygen atoms in total. The highest BCUT2D eigenvalue weighted by molar-refractivity contribution is 9.10. The zero-order chi connectivity index (χ0) is 9.97. The quantitative estimate of drug-likeness (QED) is 0.892. The molecule has 72 valence electrons. The molecule has 14 heavy (non-hydrogen) atoms. The summed E-state index contributed by atoms with van der Waals surface area (Å²) in [6.07, 6.45) is 0. The summed E-state index contributed by atoms with van der Waals surface area (Å²) in [5.41, 5.74) is 2.32. The van der Waals surface area contributed by atoms with Gasteiger partial charge in [0, 0.05) is 11.1 Å². The van der Waals surface area contributed by atoms with Gasteiger partial charge >= 0.3 is 0 Å². The van der Waals surface area contributed by atoms with Crippen LogP contribution in [0.3, 0.4) is 0 Å². The van der Waals surface area contributed by atoms with Gasteiger partial charge < -0.3 is 5.32 Å². The van der Waals surface area contributed by atoms with E-state index in [0.717, 1.165) is 15.4 Å². The number of hydrogen-bond donors (Lipinski definition) is 1. The van der Waals surface area contributed by atoms with Crippen molar-refractivity contribution in [1.29, 1.82) is 0 Å². The van der Waals surface area contributed by atoms with Crippen molar-refractivity contribution < 1.29 is 0 Å². The van der Waals surface area contributed by atoms with Crippen LogP contribution in [0.1, 0.15) is 5.56 Å². The lowest BCUT2D eigenvalue weighted by atomic mass is 10.2. The second kappa shape index (κ2) is 4.11. The Kier molecular flexibility index (Phi) is 2.84. The van der Waals surface area contributed by atoms with Gasteiger partial charge in [0.05, 0.1) is 0 Å². The van der Waals surface area contributed by atoms with Crippen molar-refractivity contribution in [3.05, 3.63) is 39.8 Å². The Balaban J connectivity index is 2.18. The fraction of sp³-hybridized carbons (Fsp3) is 0.100. The standard InChI is InChI=1S/C10H9BrN2S/c1-7-3-2-4-8(5-7)12-10-13-9(11)6-14-10/h2-6H,1H3,(H,12,13). The first-order valence-electron chi connectivity index (χ1n) is 4.19.